The summed E-state index contributed by atoms with van der Waals surface area (Å²) in [5.74, 6) is -1.51. The summed E-state index contributed by atoms with van der Waals surface area (Å²) < 4.78 is 5.33. The Hall–Kier alpha value is -3.92. The highest BCUT2D eigenvalue weighted by atomic mass is 16.5. The van der Waals surface area contributed by atoms with Crippen molar-refractivity contribution in [2.45, 2.75) is 105 Å². The lowest BCUT2D eigenvalue weighted by Gasteiger charge is -2.29. The lowest BCUT2D eigenvalue weighted by atomic mass is 9.96. The fourth-order valence-electron chi connectivity index (χ4n) is 4.99. The molecule has 0 saturated heterocycles. The molecule has 0 aliphatic heterocycles. The van der Waals surface area contributed by atoms with E-state index in [0.717, 1.165) is 16.7 Å². The molecule has 0 spiro atoms. The van der Waals surface area contributed by atoms with Crippen LogP contribution in [0.3, 0.4) is 0 Å². The van der Waals surface area contributed by atoms with E-state index in [1.54, 1.807) is 6.07 Å². The van der Waals surface area contributed by atoms with Gasteiger partial charge >= 0.3 is 6.09 Å². The fourth-order valence-corrected chi connectivity index (χ4v) is 4.99. The van der Waals surface area contributed by atoms with E-state index in [2.05, 4.69) is 21.3 Å². The molecular weight excluding hydrogens is 572 g/mol. The first-order chi connectivity index (χ1) is 21.2. The second-order valence-corrected chi connectivity index (χ2v) is 13.1. The van der Waals surface area contributed by atoms with Crippen LogP contribution in [-0.4, -0.2) is 53.2 Å². The molecule has 0 fully saturated rings. The summed E-state index contributed by atoms with van der Waals surface area (Å²) in [4.78, 5) is 52.8. The van der Waals surface area contributed by atoms with E-state index in [1.807, 2.05) is 97.9 Å². The molecule has 4 atom stereocenters. The molecule has 2 rings (SSSR count). The van der Waals surface area contributed by atoms with Gasteiger partial charge < -0.3 is 31.1 Å². The van der Waals surface area contributed by atoms with Crippen LogP contribution in [0.4, 0.5) is 10.5 Å². The number of ether oxygens (including phenoxy) is 1. The van der Waals surface area contributed by atoms with Crippen molar-refractivity contribution in [2.75, 3.05) is 5.32 Å². The predicted molar refractivity (Wildman–Crippen MR) is 176 cm³/mol. The van der Waals surface area contributed by atoms with Gasteiger partial charge in [0.05, 0.1) is 6.04 Å². The molecule has 5 N–H and O–H groups in total. The highest BCUT2D eigenvalue weighted by molar-refractivity contribution is 5.96. The molecule has 0 bridgehead atoms. The number of aliphatic hydroxyl groups excluding tert-OH is 1. The lowest BCUT2D eigenvalue weighted by Crippen LogP contribution is -2.57. The van der Waals surface area contributed by atoms with Crippen molar-refractivity contribution in [2.24, 2.45) is 17.8 Å². The predicted octanol–water partition coefficient (Wildman–Crippen LogP) is 5.01. The molecule has 248 valence electrons. The number of benzene rings is 2. The molecule has 0 aliphatic carbocycles. The minimum Gasteiger partial charge on any atom is -0.445 e. The largest absolute Gasteiger partial charge is 0.445 e. The number of carbonyl (C=O) groups excluding carboxylic acids is 4. The third-order valence-electron chi connectivity index (χ3n) is 7.21. The number of hydrogen-bond acceptors (Lipinski definition) is 6. The Morgan fingerprint density at radius 1 is 0.711 bits per heavy atom. The summed E-state index contributed by atoms with van der Waals surface area (Å²) in [6.45, 7) is 15.4. The Labute approximate surface area is 268 Å². The van der Waals surface area contributed by atoms with Gasteiger partial charge in [0, 0.05) is 5.69 Å². The first-order valence-electron chi connectivity index (χ1n) is 15.8. The number of nitrogens with one attached hydrogen (secondary N) is 4. The van der Waals surface area contributed by atoms with Crippen molar-refractivity contribution in [3.8, 4) is 0 Å². The van der Waals surface area contributed by atoms with Gasteiger partial charge in [0.15, 0.2) is 6.10 Å². The van der Waals surface area contributed by atoms with E-state index in [-0.39, 0.29) is 24.4 Å². The minimum absolute atomic E-state index is 0.0367. The number of aryl methyl sites for hydroxylation is 2. The van der Waals surface area contributed by atoms with Gasteiger partial charge in [-0.3, -0.25) is 14.4 Å². The quantitative estimate of drug-likeness (QED) is 0.178. The van der Waals surface area contributed by atoms with Gasteiger partial charge in [0.2, 0.25) is 11.8 Å². The van der Waals surface area contributed by atoms with Gasteiger partial charge in [-0.15, -0.1) is 0 Å². The lowest BCUT2D eigenvalue weighted by molar-refractivity contribution is -0.133. The van der Waals surface area contributed by atoms with Crippen molar-refractivity contribution in [1.82, 2.24) is 16.0 Å². The second kappa shape index (κ2) is 18.1. The van der Waals surface area contributed by atoms with Crippen molar-refractivity contribution < 1.29 is 29.0 Å². The molecule has 2 aromatic rings. The zero-order valence-electron chi connectivity index (χ0n) is 28.0. The van der Waals surface area contributed by atoms with E-state index in [1.165, 1.54) is 0 Å². The molecule has 0 saturated carbocycles. The summed E-state index contributed by atoms with van der Waals surface area (Å²) in [5.41, 5.74) is 3.29. The summed E-state index contributed by atoms with van der Waals surface area (Å²) in [6, 6.07) is 12.0. The summed E-state index contributed by atoms with van der Waals surface area (Å²) in [7, 11) is 0. The first kappa shape index (κ1) is 37.3. The smallest absolute Gasteiger partial charge is 0.408 e. The molecule has 2 aromatic carbocycles. The summed E-state index contributed by atoms with van der Waals surface area (Å²) in [5, 5.41) is 22.1. The van der Waals surface area contributed by atoms with Gasteiger partial charge in [0.1, 0.15) is 18.7 Å². The highest BCUT2D eigenvalue weighted by Crippen LogP contribution is 2.18. The van der Waals surface area contributed by atoms with Gasteiger partial charge in [-0.05, 0) is 68.1 Å². The van der Waals surface area contributed by atoms with E-state index in [0.29, 0.717) is 24.9 Å². The maximum absolute atomic E-state index is 13.6. The van der Waals surface area contributed by atoms with Crippen LogP contribution in [0.25, 0.3) is 0 Å². The van der Waals surface area contributed by atoms with Crippen molar-refractivity contribution in [3.63, 3.8) is 0 Å². The standard InChI is InChI=1S/C35H52N4O6/c1-21(2)16-28(31(40)34(43)36-27-15-14-24(7)19-25(27)8)37-32(41)29(17-22(3)4)38-33(42)30(18-23(5)6)39-35(44)45-20-26-12-10-9-11-13-26/h9-15,19,21-23,28-31,40H,16-18,20H2,1-8H3,(H,36,43)(H,37,41)(H,38,42)(H,39,44). The molecule has 0 radical (unpaired) electrons. The maximum atomic E-state index is 13.6. The van der Waals surface area contributed by atoms with Crippen LogP contribution in [0.15, 0.2) is 48.5 Å². The molecule has 4 amide bonds. The number of aliphatic hydroxyl groups is 1. The molecule has 10 heteroatoms. The third kappa shape index (κ3) is 13.3. The molecule has 45 heavy (non-hydrogen) atoms. The zero-order chi connectivity index (χ0) is 33.7. The van der Waals surface area contributed by atoms with E-state index < -0.39 is 48.0 Å². The monoisotopic (exact) mass is 624 g/mol. The maximum Gasteiger partial charge on any atom is 0.408 e. The number of rotatable bonds is 16. The van der Waals surface area contributed by atoms with E-state index in [4.69, 9.17) is 4.74 Å². The molecule has 0 aliphatic rings. The average Bonchev–Trinajstić information content (AvgIpc) is 2.95. The average molecular weight is 625 g/mol. The number of alkyl carbamates (subject to hydrolysis) is 1. The van der Waals surface area contributed by atoms with Crippen LogP contribution >= 0.6 is 0 Å². The fraction of sp³-hybridized carbons (Fsp3) is 0.543. The first-order valence-corrected chi connectivity index (χ1v) is 15.8. The highest BCUT2D eigenvalue weighted by Gasteiger charge is 2.33. The van der Waals surface area contributed by atoms with Crippen molar-refractivity contribution in [3.05, 3.63) is 65.2 Å². The zero-order valence-corrected chi connectivity index (χ0v) is 28.0. The van der Waals surface area contributed by atoms with Gasteiger partial charge in [-0.25, -0.2) is 4.79 Å². The van der Waals surface area contributed by atoms with Crippen LogP contribution in [0, 0.1) is 31.6 Å². The Bertz CT molecular complexity index is 1260. The Morgan fingerprint density at radius 2 is 1.27 bits per heavy atom. The number of hydrogen-bond donors (Lipinski definition) is 5. The van der Waals surface area contributed by atoms with Gasteiger partial charge in [0.25, 0.3) is 5.91 Å². The number of carbonyl (C=O) groups is 4. The van der Waals surface area contributed by atoms with Crippen LogP contribution in [-0.2, 0) is 25.7 Å². The molecule has 0 heterocycles. The summed E-state index contributed by atoms with van der Waals surface area (Å²) >= 11 is 0. The molecular formula is C35H52N4O6. The molecule has 4 unspecified atom stereocenters. The van der Waals surface area contributed by atoms with Crippen LogP contribution < -0.4 is 21.3 Å². The third-order valence-corrected chi connectivity index (χ3v) is 7.21. The molecule has 0 aromatic heterocycles. The SMILES string of the molecule is Cc1ccc(NC(=O)C(O)C(CC(C)C)NC(=O)C(CC(C)C)NC(=O)C(CC(C)C)NC(=O)OCc2ccccc2)c(C)c1. The van der Waals surface area contributed by atoms with Crippen molar-refractivity contribution >= 4 is 29.5 Å². The van der Waals surface area contributed by atoms with Crippen LogP contribution in [0.1, 0.15) is 77.5 Å². The van der Waals surface area contributed by atoms with Gasteiger partial charge in [-0.2, -0.15) is 0 Å². The van der Waals surface area contributed by atoms with E-state index in [9.17, 15) is 24.3 Å². The van der Waals surface area contributed by atoms with Crippen LogP contribution in [0.2, 0.25) is 0 Å². The molecule has 10 nitrogen and oxygen atoms in total. The van der Waals surface area contributed by atoms with E-state index >= 15 is 0 Å². The number of anilines is 1. The van der Waals surface area contributed by atoms with Crippen LogP contribution in [0.5, 0.6) is 0 Å². The minimum atomic E-state index is -1.53. The Kier molecular flexibility index (Phi) is 15.0. The topological polar surface area (TPSA) is 146 Å². The van der Waals surface area contributed by atoms with Crippen molar-refractivity contribution in [1.29, 1.82) is 0 Å². The number of amides is 4. The van der Waals surface area contributed by atoms with Gasteiger partial charge in [-0.1, -0.05) is 89.6 Å². The Balaban J connectivity index is 2.16. The Morgan fingerprint density at radius 3 is 1.82 bits per heavy atom. The summed E-state index contributed by atoms with van der Waals surface area (Å²) in [6.07, 6.45) is -1.29. The normalized spacial score (nSPS) is 14.0. The second-order valence-electron chi connectivity index (χ2n) is 13.1.